The van der Waals surface area contributed by atoms with E-state index in [4.69, 9.17) is 4.74 Å². The highest BCUT2D eigenvalue weighted by atomic mass is 32.2. The predicted molar refractivity (Wildman–Crippen MR) is 148 cm³/mol. The van der Waals surface area contributed by atoms with Gasteiger partial charge in [0, 0.05) is 45.7 Å². The van der Waals surface area contributed by atoms with Crippen molar-refractivity contribution in [3.63, 3.8) is 0 Å². The molecule has 1 saturated heterocycles. The molecule has 1 fully saturated rings. The SMILES string of the molecule is COc1cc(C)c(S(=O)(=O)N(C)CCC(=O)Cc2ccc(N3CCC(CCN(C)C)CC3)nc2)c(C)c1. The molecule has 0 N–H and O–H groups in total. The summed E-state index contributed by atoms with van der Waals surface area (Å²) in [6.07, 6.45) is 5.77. The Morgan fingerprint density at radius 1 is 1.08 bits per heavy atom. The molecule has 204 valence electrons. The normalized spacial score (nSPS) is 15.0. The number of hydrogen-bond donors (Lipinski definition) is 0. The molecule has 1 aromatic heterocycles. The minimum Gasteiger partial charge on any atom is -0.497 e. The third-order valence-electron chi connectivity index (χ3n) is 7.18. The lowest BCUT2D eigenvalue weighted by atomic mass is 9.93. The average molecular weight is 531 g/mol. The number of carbonyl (C=O) groups is 1. The zero-order valence-electron chi connectivity index (χ0n) is 23.2. The quantitative estimate of drug-likeness (QED) is 0.414. The number of aromatic nitrogens is 1. The highest BCUT2D eigenvalue weighted by Crippen LogP contribution is 2.28. The smallest absolute Gasteiger partial charge is 0.243 e. The average Bonchev–Trinajstić information content (AvgIpc) is 2.86. The second-order valence-corrected chi connectivity index (χ2v) is 12.4. The van der Waals surface area contributed by atoms with Crippen molar-refractivity contribution in [3.8, 4) is 5.75 Å². The van der Waals surface area contributed by atoms with Crippen LogP contribution in [0.4, 0.5) is 5.82 Å². The number of aryl methyl sites for hydroxylation is 2. The van der Waals surface area contributed by atoms with Crippen LogP contribution in [0, 0.1) is 19.8 Å². The Labute approximate surface area is 222 Å². The second-order valence-electron chi connectivity index (χ2n) is 10.4. The summed E-state index contributed by atoms with van der Waals surface area (Å²) in [6, 6.07) is 7.38. The maximum Gasteiger partial charge on any atom is 0.243 e. The fourth-order valence-electron chi connectivity index (χ4n) is 4.91. The number of hydrogen-bond acceptors (Lipinski definition) is 7. The molecule has 0 aliphatic carbocycles. The largest absolute Gasteiger partial charge is 0.497 e. The monoisotopic (exact) mass is 530 g/mol. The molecule has 0 unspecified atom stereocenters. The Morgan fingerprint density at radius 3 is 2.27 bits per heavy atom. The van der Waals surface area contributed by atoms with E-state index in [1.54, 1.807) is 39.3 Å². The minimum absolute atomic E-state index is 0.0125. The summed E-state index contributed by atoms with van der Waals surface area (Å²) in [7, 11) is 3.60. The summed E-state index contributed by atoms with van der Waals surface area (Å²) in [5, 5.41) is 0. The standard InChI is InChI=1S/C28H42N4O4S/c1-21-17-26(36-6)18-22(2)28(21)37(34,35)31(5)14-12-25(33)19-24-7-8-27(29-20-24)32-15-10-23(11-16-32)9-13-30(3)4/h7-8,17-18,20,23H,9-16,19H2,1-6H3. The van der Waals surface area contributed by atoms with Crippen molar-refractivity contribution < 1.29 is 17.9 Å². The highest BCUT2D eigenvalue weighted by Gasteiger charge is 2.26. The van der Waals surface area contributed by atoms with Crippen LogP contribution in [0.3, 0.4) is 0 Å². The molecule has 2 aromatic rings. The topological polar surface area (TPSA) is 83.0 Å². The first-order valence-corrected chi connectivity index (χ1v) is 14.4. The lowest BCUT2D eigenvalue weighted by molar-refractivity contribution is -0.118. The van der Waals surface area contributed by atoms with Crippen molar-refractivity contribution in [1.82, 2.24) is 14.2 Å². The third kappa shape index (κ3) is 7.75. The third-order valence-corrected chi connectivity index (χ3v) is 9.34. The van der Waals surface area contributed by atoms with Gasteiger partial charge in [-0.15, -0.1) is 0 Å². The summed E-state index contributed by atoms with van der Waals surface area (Å²) in [4.78, 5) is 22.1. The number of sulfonamides is 1. The van der Waals surface area contributed by atoms with Gasteiger partial charge >= 0.3 is 0 Å². The fraction of sp³-hybridized carbons (Fsp3) is 0.571. The number of ketones is 1. The Morgan fingerprint density at radius 2 is 1.73 bits per heavy atom. The summed E-state index contributed by atoms with van der Waals surface area (Å²) < 4.78 is 32.9. The number of rotatable bonds is 12. The molecule has 1 aliphatic heterocycles. The second kappa shape index (κ2) is 12.8. The van der Waals surface area contributed by atoms with Gasteiger partial charge in [-0.25, -0.2) is 17.7 Å². The van der Waals surface area contributed by atoms with E-state index in [0.29, 0.717) is 16.9 Å². The van der Waals surface area contributed by atoms with Gasteiger partial charge < -0.3 is 14.5 Å². The highest BCUT2D eigenvalue weighted by molar-refractivity contribution is 7.89. The maximum atomic E-state index is 13.2. The molecule has 0 amide bonds. The molecule has 0 spiro atoms. The van der Waals surface area contributed by atoms with Gasteiger partial charge in [0.25, 0.3) is 0 Å². The lowest BCUT2D eigenvalue weighted by Crippen LogP contribution is -2.35. The Balaban J connectivity index is 1.50. The van der Waals surface area contributed by atoms with Gasteiger partial charge in [-0.05, 0) is 94.6 Å². The van der Waals surface area contributed by atoms with Crippen molar-refractivity contribution in [2.45, 2.75) is 50.8 Å². The summed E-state index contributed by atoms with van der Waals surface area (Å²) >= 11 is 0. The van der Waals surface area contributed by atoms with Gasteiger partial charge in [-0.3, -0.25) is 4.79 Å². The van der Waals surface area contributed by atoms with E-state index >= 15 is 0 Å². The van der Waals surface area contributed by atoms with E-state index in [0.717, 1.165) is 36.9 Å². The molecule has 0 bridgehead atoms. The molecule has 0 saturated carbocycles. The van der Waals surface area contributed by atoms with Crippen LogP contribution in [-0.2, 0) is 21.2 Å². The van der Waals surface area contributed by atoms with Crippen LogP contribution in [0.5, 0.6) is 5.75 Å². The number of piperidine rings is 1. The summed E-state index contributed by atoms with van der Waals surface area (Å²) in [6.45, 7) is 6.79. The number of pyridine rings is 1. The Bertz CT molecular complexity index is 1130. The summed E-state index contributed by atoms with van der Waals surface area (Å²) in [5.74, 6) is 2.34. The van der Waals surface area contributed by atoms with Crippen LogP contribution in [0.25, 0.3) is 0 Å². The van der Waals surface area contributed by atoms with Gasteiger partial charge in [0.2, 0.25) is 10.0 Å². The van der Waals surface area contributed by atoms with E-state index in [9.17, 15) is 13.2 Å². The molecule has 9 heteroatoms. The van der Waals surface area contributed by atoms with E-state index < -0.39 is 10.0 Å². The van der Waals surface area contributed by atoms with E-state index in [1.165, 1.54) is 30.6 Å². The van der Waals surface area contributed by atoms with Crippen LogP contribution in [-0.4, -0.2) is 82.8 Å². The first-order valence-electron chi connectivity index (χ1n) is 13.0. The van der Waals surface area contributed by atoms with E-state index in [1.807, 2.05) is 12.1 Å². The van der Waals surface area contributed by atoms with Crippen LogP contribution in [0.15, 0.2) is 35.4 Å². The van der Waals surface area contributed by atoms with Crippen molar-refractivity contribution >= 4 is 21.6 Å². The van der Waals surface area contributed by atoms with Gasteiger partial charge in [0.1, 0.15) is 17.4 Å². The first kappa shape index (κ1) is 29.1. The molecule has 2 heterocycles. The van der Waals surface area contributed by atoms with Gasteiger partial charge in [-0.2, -0.15) is 0 Å². The van der Waals surface area contributed by atoms with Crippen molar-refractivity contribution in [2.75, 3.05) is 59.3 Å². The van der Waals surface area contributed by atoms with Crippen molar-refractivity contribution in [3.05, 3.63) is 47.2 Å². The molecule has 0 atom stereocenters. The zero-order valence-corrected chi connectivity index (χ0v) is 24.0. The number of anilines is 1. The van der Waals surface area contributed by atoms with Gasteiger partial charge in [0.05, 0.1) is 12.0 Å². The molecule has 37 heavy (non-hydrogen) atoms. The fourth-order valence-corrected chi connectivity index (χ4v) is 6.48. The molecule has 1 aromatic carbocycles. The molecule has 0 radical (unpaired) electrons. The Kier molecular flexibility index (Phi) is 10.1. The van der Waals surface area contributed by atoms with Gasteiger partial charge in [-0.1, -0.05) is 6.07 Å². The number of carbonyl (C=O) groups excluding carboxylic acids is 1. The predicted octanol–water partition coefficient (Wildman–Crippen LogP) is 3.70. The molecule has 3 rings (SSSR count). The van der Waals surface area contributed by atoms with Crippen LogP contribution >= 0.6 is 0 Å². The van der Waals surface area contributed by atoms with Crippen LogP contribution < -0.4 is 9.64 Å². The minimum atomic E-state index is -3.72. The first-order chi connectivity index (χ1) is 17.5. The molecule has 1 aliphatic rings. The number of nitrogens with zero attached hydrogens (tertiary/aromatic N) is 4. The maximum absolute atomic E-state index is 13.2. The Hall–Kier alpha value is -2.49. The number of methoxy groups -OCH3 is 1. The van der Waals surface area contributed by atoms with Crippen molar-refractivity contribution in [2.24, 2.45) is 5.92 Å². The van der Waals surface area contributed by atoms with E-state index in [-0.39, 0.29) is 30.1 Å². The van der Waals surface area contributed by atoms with Crippen molar-refractivity contribution in [1.29, 1.82) is 0 Å². The summed E-state index contributed by atoms with van der Waals surface area (Å²) in [5.41, 5.74) is 2.10. The zero-order chi connectivity index (χ0) is 27.2. The lowest BCUT2D eigenvalue weighted by Gasteiger charge is -2.33. The number of ether oxygens (including phenoxy) is 1. The number of benzene rings is 1. The van der Waals surface area contributed by atoms with E-state index in [2.05, 4.69) is 28.9 Å². The molecular weight excluding hydrogens is 488 g/mol. The van der Waals surface area contributed by atoms with Crippen LogP contribution in [0.2, 0.25) is 0 Å². The van der Waals surface area contributed by atoms with Crippen LogP contribution in [0.1, 0.15) is 42.4 Å². The van der Waals surface area contributed by atoms with Gasteiger partial charge in [0.15, 0.2) is 0 Å². The molecular formula is C28H42N4O4S. The molecule has 8 nitrogen and oxygen atoms in total. The number of Topliss-reactive ketones (excluding diaryl/α,β-unsaturated/α-hetero) is 1.